The molecule has 1 N–H and O–H groups in total. The van der Waals surface area contributed by atoms with Crippen LogP contribution in [0.4, 0.5) is 5.69 Å². The summed E-state index contributed by atoms with van der Waals surface area (Å²) < 4.78 is 7.86. The van der Waals surface area contributed by atoms with Crippen molar-refractivity contribution in [1.82, 2.24) is 19.3 Å². The van der Waals surface area contributed by atoms with E-state index in [1.54, 1.807) is 62.7 Å². The summed E-state index contributed by atoms with van der Waals surface area (Å²) in [6.07, 6.45) is 1.36. The number of aromatic nitrogens is 4. The Morgan fingerprint density at radius 1 is 1.10 bits per heavy atom. The van der Waals surface area contributed by atoms with Gasteiger partial charge in [0, 0.05) is 17.8 Å². The van der Waals surface area contributed by atoms with Crippen molar-refractivity contribution in [1.29, 1.82) is 0 Å². The number of carbonyl (C=O) groups is 1. The number of nitrogens with zero attached hydrogens (tertiary/aromatic N) is 4. The summed E-state index contributed by atoms with van der Waals surface area (Å²) in [5.41, 5.74) is 1.30. The Morgan fingerprint density at radius 2 is 1.79 bits per heavy atom. The first-order valence-corrected chi connectivity index (χ1v) is 9.01. The third-order valence-electron chi connectivity index (χ3n) is 4.38. The normalized spacial score (nSPS) is 10.9. The summed E-state index contributed by atoms with van der Waals surface area (Å²) >= 11 is 5.96. The first-order valence-electron chi connectivity index (χ1n) is 8.63. The van der Waals surface area contributed by atoms with E-state index < -0.39 is 5.91 Å². The van der Waals surface area contributed by atoms with Gasteiger partial charge in [-0.2, -0.15) is 5.10 Å². The Balaban J connectivity index is 1.82. The molecule has 0 aliphatic rings. The van der Waals surface area contributed by atoms with Gasteiger partial charge >= 0.3 is 0 Å². The summed E-state index contributed by atoms with van der Waals surface area (Å²) in [6.45, 7) is 0. The molecule has 0 unspecified atom stereocenters. The number of nitrogens with one attached hydrogen (secondary N) is 1. The predicted octanol–water partition coefficient (Wildman–Crippen LogP) is 3.03. The molecular formula is C20H16ClN5O3. The number of fused-ring (bicyclic) bond motifs is 1. The third-order valence-corrected chi connectivity index (χ3v) is 4.63. The van der Waals surface area contributed by atoms with Crippen LogP contribution < -0.4 is 15.6 Å². The smallest absolute Gasteiger partial charge is 0.279 e. The standard InChI is InChI=1S/C20H16ClN5O3/c1-25-11-22-16-17(19(27)23-13-5-9-15(29-2)10-6-13)24-26(18(16)20(25)28)14-7-3-12(21)4-8-14/h3-11H,1-2H3,(H,23,27). The van der Waals surface area contributed by atoms with E-state index in [0.29, 0.717) is 22.1 Å². The molecule has 8 nitrogen and oxygen atoms in total. The molecule has 0 saturated heterocycles. The first kappa shape index (κ1) is 18.7. The van der Waals surface area contributed by atoms with Gasteiger partial charge in [-0.15, -0.1) is 0 Å². The van der Waals surface area contributed by atoms with E-state index in [2.05, 4.69) is 15.4 Å². The minimum absolute atomic E-state index is 0.0449. The Morgan fingerprint density at radius 3 is 2.45 bits per heavy atom. The van der Waals surface area contributed by atoms with E-state index in [0.717, 1.165) is 0 Å². The maximum absolute atomic E-state index is 12.9. The van der Waals surface area contributed by atoms with Crippen molar-refractivity contribution in [2.45, 2.75) is 0 Å². The van der Waals surface area contributed by atoms with Crippen LogP contribution in [0.1, 0.15) is 10.5 Å². The molecule has 9 heteroatoms. The maximum Gasteiger partial charge on any atom is 0.279 e. The Kier molecular flexibility index (Phi) is 4.77. The van der Waals surface area contributed by atoms with Gasteiger partial charge < -0.3 is 14.6 Å². The van der Waals surface area contributed by atoms with Crippen LogP contribution in [0.25, 0.3) is 16.7 Å². The highest BCUT2D eigenvalue weighted by atomic mass is 35.5. The van der Waals surface area contributed by atoms with E-state index in [9.17, 15) is 9.59 Å². The first-order chi connectivity index (χ1) is 14.0. The topological polar surface area (TPSA) is 91.0 Å². The number of rotatable bonds is 4. The lowest BCUT2D eigenvalue weighted by atomic mass is 10.2. The fourth-order valence-electron chi connectivity index (χ4n) is 2.87. The molecule has 4 rings (SSSR count). The van der Waals surface area contributed by atoms with E-state index in [1.165, 1.54) is 15.6 Å². The fraction of sp³-hybridized carbons (Fsp3) is 0.100. The van der Waals surface area contributed by atoms with Crippen LogP contribution in [0.2, 0.25) is 5.02 Å². The van der Waals surface area contributed by atoms with Gasteiger partial charge in [0.25, 0.3) is 11.5 Å². The summed E-state index contributed by atoms with van der Waals surface area (Å²) in [5, 5.41) is 7.70. The minimum Gasteiger partial charge on any atom is -0.497 e. The summed E-state index contributed by atoms with van der Waals surface area (Å²) in [6, 6.07) is 13.7. The molecule has 0 bridgehead atoms. The molecule has 146 valence electrons. The highest BCUT2D eigenvalue weighted by Crippen LogP contribution is 2.21. The number of hydrogen-bond acceptors (Lipinski definition) is 5. The lowest BCUT2D eigenvalue weighted by Gasteiger charge is -2.05. The molecule has 4 aromatic rings. The second-order valence-corrected chi connectivity index (χ2v) is 6.71. The third kappa shape index (κ3) is 3.45. The summed E-state index contributed by atoms with van der Waals surface area (Å²) in [4.78, 5) is 29.9. The lowest BCUT2D eigenvalue weighted by molar-refractivity contribution is 0.102. The summed E-state index contributed by atoms with van der Waals surface area (Å²) in [7, 11) is 3.15. The molecule has 2 aromatic heterocycles. The van der Waals surface area contributed by atoms with Gasteiger partial charge in [-0.1, -0.05) is 11.6 Å². The molecule has 2 heterocycles. The van der Waals surface area contributed by atoms with Crippen LogP contribution in [-0.2, 0) is 7.05 Å². The van der Waals surface area contributed by atoms with Crippen LogP contribution in [0, 0.1) is 0 Å². The van der Waals surface area contributed by atoms with Crippen LogP contribution in [-0.4, -0.2) is 32.3 Å². The zero-order valence-electron chi connectivity index (χ0n) is 15.6. The molecule has 0 fully saturated rings. The number of carbonyl (C=O) groups excluding carboxylic acids is 1. The van der Waals surface area contributed by atoms with E-state index in [4.69, 9.17) is 16.3 Å². The SMILES string of the molecule is COc1ccc(NC(=O)c2nn(-c3ccc(Cl)cc3)c3c(=O)n(C)cnc23)cc1. The van der Waals surface area contributed by atoms with E-state index in [1.807, 2.05) is 0 Å². The van der Waals surface area contributed by atoms with Crippen molar-refractivity contribution in [2.75, 3.05) is 12.4 Å². The second-order valence-electron chi connectivity index (χ2n) is 6.28. The average molecular weight is 410 g/mol. The molecule has 0 spiro atoms. The largest absolute Gasteiger partial charge is 0.497 e. The number of hydrogen-bond donors (Lipinski definition) is 1. The van der Waals surface area contributed by atoms with Gasteiger partial charge in [-0.3, -0.25) is 9.59 Å². The maximum atomic E-state index is 12.9. The van der Waals surface area contributed by atoms with Crippen LogP contribution in [0.3, 0.4) is 0 Å². The van der Waals surface area contributed by atoms with Gasteiger partial charge in [-0.25, -0.2) is 9.67 Å². The molecule has 0 aliphatic heterocycles. The molecule has 29 heavy (non-hydrogen) atoms. The number of benzene rings is 2. The number of ether oxygens (including phenoxy) is 1. The Hall–Kier alpha value is -3.65. The van der Waals surface area contributed by atoms with Crippen molar-refractivity contribution in [3.05, 3.63) is 75.9 Å². The zero-order valence-corrected chi connectivity index (χ0v) is 16.3. The highest BCUT2D eigenvalue weighted by Gasteiger charge is 2.22. The minimum atomic E-state index is -0.478. The number of aryl methyl sites for hydroxylation is 1. The highest BCUT2D eigenvalue weighted by molar-refractivity contribution is 6.30. The fourth-order valence-corrected chi connectivity index (χ4v) is 3.00. The second kappa shape index (κ2) is 7.40. The number of halogens is 1. The molecule has 0 saturated carbocycles. The quantitative estimate of drug-likeness (QED) is 0.559. The lowest BCUT2D eigenvalue weighted by Crippen LogP contribution is -2.19. The molecule has 0 aliphatic carbocycles. The predicted molar refractivity (Wildman–Crippen MR) is 110 cm³/mol. The Bertz CT molecular complexity index is 1260. The van der Waals surface area contributed by atoms with Gasteiger partial charge in [0.2, 0.25) is 0 Å². The monoisotopic (exact) mass is 409 g/mol. The number of amides is 1. The van der Waals surface area contributed by atoms with Gasteiger partial charge in [0.15, 0.2) is 11.2 Å². The molecule has 2 aromatic carbocycles. The van der Waals surface area contributed by atoms with Crippen molar-refractivity contribution in [3.63, 3.8) is 0 Å². The molecule has 0 atom stereocenters. The van der Waals surface area contributed by atoms with Crippen molar-refractivity contribution >= 4 is 34.2 Å². The van der Waals surface area contributed by atoms with Crippen LogP contribution in [0.15, 0.2) is 59.7 Å². The van der Waals surface area contributed by atoms with E-state index >= 15 is 0 Å². The van der Waals surface area contributed by atoms with Crippen LogP contribution in [0.5, 0.6) is 5.75 Å². The van der Waals surface area contributed by atoms with Gasteiger partial charge in [0.05, 0.1) is 19.1 Å². The van der Waals surface area contributed by atoms with Gasteiger partial charge in [-0.05, 0) is 48.5 Å². The zero-order chi connectivity index (χ0) is 20.5. The van der Waals surface area contributed by atoms with Crippen LogP contribution >= 0.6 is 11.6 Å². The Labute approximate surface area is 170 Å². The van der Waals surface area contributed by atoms with Crippen molar-refractivity contribution < 1.29 is 9.53 Å². The number of methoxy groups -OCH3 is 1. The molecule has 1 amide bonds. The van der Waals surface area contributed by atoms with Crippen molar-refractivity contribution in [2.24, 2.45) is 7.05 Å². The average Bonchev–Trinajstić information content (AvgIpc) is 3.12. The molecular weight excluding hydrogens is 394 g/mol. The van der Waals surface area contributed by atoms with E-state index in [-0.39, 0.29) is 22.3 Å². The number of anilines is 1. The summed E-state index contributed by atoms with van der Waals surface area (Å²) in [5.74, 6) is 0.194. The van der Waals surface area contributed by atoms with Crippen molar-refractivity contribution in [3.8, 4) is 11.4 Å². The molecule has 0 radical (unpaired) electrons. The van der Waals surface area contributed by atoms with Gasteiger partial charge in [0.1, 0.15) is 11.3 Å².